The van der Waals surface area contributed by atoms with Gasteiger partial charge in [0.15, 0.2) is 17.5 Å². The number of carbonyl (C=O) groups is 2. The lowest BCUT2D eigenvalue weighted by molar-refractivity contribution is -0.144. The fourth-order valence-corrected chi connectivity index (χ4v) is 3.89. The van der Waals surface area contributed by atoms with Crippen molar-refractivity contribution >= 4 is 11.9 Å². The number of nitrogens with one attached hydrogen (secondary N) is 2. The second-order valence-corrected chi connectivity index (χ2v) is 8.45. The first-order chi connectivity index (χ1) is 16.3. The lowest BCUT2D eigenvalue weighted by atomic mass is 9.89. The van der Waals surface area contributed by atoms with E-state index in [0.29, 0.717) is 31.6 Å². The average Bonchev–Trinajstić information content (AvgIpc) is 2.82. The Hall–Kier alpha value is -3.10. The first-order valence-electron chi connectivity index (χ1n) is 11.6. The van der Waals surface area contributed by atoms with Crippen molar-refractivity contribution in [1.82, 2.24) is 10.6 Å². The van der Waals surface area contributed by atoms with Gasteiger partial charge in [0.2, 0.25) is 5.91 Å². The molecule has 0 radical (unpaired) electrons. The first kappa shape index (κ1) is 27.1. The van der Waals surface area contributed by atoms with Crippen LogP contribution in [0.4, 0.5) is 0 Å². The highest BCUT2D eigenvalue weighted by Crippen LogP contribution is 2.27. The largest absolute Gasteiger partial charge is 0.504 e. The van der Waals surface area contributed by atoms with E-state index in [9.17, 15) is 24.9 Å². The Morgan fingerprint density at radius 1 is 1.12 bits per heavy atom. The van der Waals surface area contributed by atoms with E-state index >= 15 is 0 Å². The van der Waals surface area contributed by atoms with Crippen LogP contribution >= 0.6 is 0 Å². The number of hydrogen-bond donors (Lipinski definition) is 5. The number of aromatic hydroxyl groups is 1. The molecule has 0 heterocycles. The summed E-state index contributed by atoms with van der Waals surface area (Å²) in [7, 11) is 1.47. The Balaban J connectivity index is 1.84. The Morgan fingerprint density at radius 3 is 2.41 bits per heavy atom. The fraction of sp³-hybridized carbons (Fsp3) is 0.462. The molecular formula is C26H36N2O6. The quantitative estimate of drug-likeness (QED) is 0.211. The van der Waals surface area contributed by atoms with Crippen LogP contribution < -0.4 is 15.4 Å². The van der Waals surface area contributed by atoms with E-state index in [2.05, 4.69) is 10.6 Å². The minimum absolute atomic E-state index is 0.0425. The number of methoxy groups -OCH3 is 1. The molecule has 1 amide bonds. The van der Waals surface area contributed by atoms with Gasteiger partial charge in [-0.1, -0.05) is 43.3 Å². The van der Waals surface area contributed by atoms with Crippen LogP contribution in [0.1, 0.15) is 50.2 Å². The number of phenolic OH excluding ortho intramolecular Hbond substituents is 1. The highest BCUT2D eigenvalue weighted by Gasteiger charge is 2.29. The van der Waals surface area contributed by atoms with Crippen LogP contribution in [0.15, 0.2) is 48.5 Å². The number of rotatable bonds is 14. The maximum atomic E-state index is 12.6. The van der Waals surface area contributed by atoms with Gasteiger partial charge in [0.25, 0.3) is 0 Å². The van der Waals surface area contributed by atoms with Gasteiger partial charge in [-0.05, 0) is 68.3 Å². The summed E-state index contributed by atoms with van der Waals surface area (Å²) < 4.78 is 5.02. The maximum absolute atomic E-state index is 12.6. The number of aliphatic hydroxyl groups excluding tert-OH is 1. The Morgan fingerprint density at radius 2 is 1.82 bits per heavy atom. The minimum atomic E-state index is -1.42. The number of carboxylic acids is 1. The van der Waals surface area contributed by atoms with Crippen LogP contribution in [0.25, 0.3) is 0 Å². The predicted octanol–water partition coefficient (Wildman–Crippen LogP) is 2.83. The second-order valence-electron chi connectivity index (χ2n) is 8.45. The van der Waals surface area contributed by atoms with E-state index in [1.165, 1.54) is 7.11 Å². The summed E-state index contributed by atoms with van der Waals surface area (Å²) >= 11 is 0. The third-order valence-electron chi connectivity index (χ3n) is 5.98. The van der Waals surface area contributed by atoms with Crippen LogP contribution in [0, 0.1) is 0 Å². The molecule has 0 bridgehead atoms. The number of aliphatic carboxylic acids is 1. The number of hydrogen-bond acceptors (Lipinski definition) is 6. The molecule has 8 heteroatoms. The molecule has 8 nitrogen and oxygen atoms in total. The maximum Gasteiger partial charge on any atom is 0.330 e. The summed E-state index contributed by atoms with van der Waals surface area (Å²) in [5.74, 6) is -1.40. The zero-order valence-electron chi connectivity index (χ0n) is 20.0. The van der Waals surface area contributed by atoms with Crippen molar-refractivity contribution in [3.05, 3.63) is 59.7 Å². The SMILES string of the molecule is CCC(CC(O)[C@@H](C)NC(=O)C(NCCCc1ccc(OC)c(O)c1)C(=O)O)c1ccccc1. The van der Waals surface area contributed by atoms with E-state index in [-0.39, 0.29) is 11.7 Å². The zero-order valence-corrected chi connectivity index (χ0v) is 20.0. The summed E-state index contributed by atoms with van der Waals surface area (Å²) in [6.45, 7) is 4.01. The zero-order chi connectivity index (χ0) is 25.1. The normalized spacial score (nSPS) is 14.6. The van der Waals surface area contributed by atoms with Gasteiger partial charge in [-0.15, -0.1) is 0 Å². The number of aryl methyl sites for hydroxylation is 1. The van der Waals surface area contributed by atoms with Gasteiger partial charge in [0, 0.05) is 0 Å². The molecule has 0 aliphatic heterocycles. The van der Waals surface area contributed by atoms with Crippen molar-refractivity contribution in [3.63, 3.8) is 0 Å². The lowest BCUT2D eigenvalue weighted by Crippen LogP contribution is -2.53. The lowest BCUT2D eigenvalue weighted by Gasteiger charge is -2.26. The highest BCUT2D eigenvalue weighted by atomic mass is 16.5. The van der Waals surface area contributed by atoms with Gasteiger partial charge >= 0.3 is 5.97 Å². The molecule has 34 heavy (non-hydrogen) atoms. The molecule has 0 aliphatic rings. The fourth-order valence-electron chi connectivity index (χ4n) is 3.89. The molecule has 0 spiro atoms. The number of aliphatic hydroxyl groups is 1. The number of phenols is 1. The van der Waals surface area contributed by atoms with Gasteiger partial charge in [-0.2, -0.15) is 0 Å². The van der Waals surface area contributed by atoms with Crippen LogP contribution in [0.5, 0.6) is 11.5 Å². The molecule has 4 atom stereocenters. The summed E-state index contributed by atoms with van der Waals surface area (Å²) in [5.41, 5.74) is 2.00. The van der Waals surface area contributed by atoms with Gasteiger partial charge in [-0.3, -0.25) is 10.1 Å². The molecule has 5 N–H and O–H groups in total. The third kappa shape index (κ3) is 8.04. The monoisotopic (exact) mass is 472 g/mol. The summed E-state index contributed by atoms with van der Waals surface area (Å²) in [5, 5.41) is 35.4. The third-order valence-corrected chi connectivity index (χ3v) is 5.98. The van der Waals surface area contributed by atoms with Crippen molar-refractivity contribution in [2.24, 2.45) is 0 Å². The van der Waals surface area contributed by atoms with E-state index in [1.807, 2.05) is 43.3 Å². The van der Waals surface area contributed by atoms with E-state index in [0.717, 1.165) is 17.5 Å². The van der Waals surface area contributed by atoms with Crippen LogP contribution in [0.2, 0.25) is 0 Å². The molecule has 0 fully saturated rings. The van der Waals surface area contributed by atoms with Gasteiger partial charge < -0.3 is 25.4 Å². The Bertz CT molecular complexity index is 921. The molecule has 2 aromatic carbocycles. The first-order valence-corrected chi connectivity index (χ1v) is 11.6. The molecule has 2 aromatic rings. The van der Waals surface area contributed by atoms with Crippen molar-refractivity contribution in [3.8, 4) is 11.5 Å². The van der Waals surface area contributed by atoms with Crippen molar-refractivity contribution < 1.29 is 29.6 Å². The number of carboxylic acid groups (broad SMARTS) is 1. The van der Waals surface area contributed by atoms with Crippen LogP contribution in [-0.2, 0) is 16.0 Å². The number of benzene rings is 2. The topological polar surface area (TPSA) is 128 Å². The number of ether oxygens (including phenoxy) is 1. The van der Waals surface area contributed by atoms with Gasteiger partial charge in [0.1, 0.15) is 0 Å². The Kier molecular flexibility index (Phi) is 10.8. The predicted molar refractivity (Wildman–Crippen MR) is 130 cm³/mol. The Labute approximate surface area is 201 Å². The van der Waals surface area contributed by atoms with E-state index < -0.39 is 30.1 Å². The second kappa shape index (κ2) is 13.6. The molecule has 2 rings (SSSR count). The minimum Gasteiger partial charge on any atom is -0.504 e. The highest BCUT2D eigenvalue weighted by molar-refractivity contribution is 6.01. The summed E-state index contributed by atoms with van der Waals surface area (Å²) in [4.78, 5) is 24.2. The van der Waals surface area contributed by atoms with Crippen molar-refractivity contribution in [2.45, 2.75) is 63.6 Å². The molecule has 0 aliphatic carbocycles. The summed E-state index contributed by atoms with van der Waals surface area (Å²) in [6, 6.07) is 12.9. The van der Waals surface area contributed by atoms with E-state index in [4.69, 9.17) is 4.74 Å². The van der Waals surface area contributed by atoms with Gasteiger partial charge in [-0.25, -0.2) is 4.79 Å². The number of amides is 1. The van der Waals surface area contributed by atoms with E-state index in [1.54, 1.807) is 19.1 Å². The molecule has 186 valence electrons. The summed E-state index contributed by atoms with van der Waals surface area (Å²) in [6.07, 6.45) is 1.64. The molecule has 0 saturated carbocycles. The van der Waals surface area contributed by atoms with Crippen LogP contribution in [-0.4, -0.2) is 59.0 Å². The molecule has 3 unspecified atom stereocenters. The van der Waals surface area contributed by atoms with Gasteiger partial charge in [0.05, 0.1) is 19.3 Å². The standard InChI is InChI=1S/C26H36N2O6/c1-4-19(20-10-6-5-7-11-20)16-21(29)17(2)28-25(31)24(26(32)33)27-14-8-9-18-12-13-23(34-3)22(30)15-18/h5-7,10-13,15,17,19,21,24,27,29-30H,4,8-9,14,16H2,1-3H3,(H,28,31)(H,32,33)/t17-,19?,21?,24?/m1/s1. The average molecular weight is 473 g/mol. The molecule has 0 saturated heterocycles. The smallest absolute Gasteiger partial charge is 0.330 e. The van der Waals surface area contributed by atoms with Crippen molar-refractivity contribution in [2.75, 3.05) is 13.7 Å². The molecule has 0 aromatic heterocycles. The van der Waals surface area contributed by atoms with Crippen molar-refractivity contribution in [1.29, 1.82) is 0 Å². The van der Waals surface area contributed by atoms with Crippen LogP contribution in [0.3, 0.4) is 0 Å². The number of carbonyl (C=O) groups excluding carboxylic acids is 1. The molecular weight excluding hydrogens is 436 g/mol.